The van der Waals surface area contributed by atoms with Gasteiger partial charge in [-0.15, -0.1) is 11.3 Å². The Labute approximate surface area is 141 Å². The molecular weight excluding hydrogens is 308 g/mol. The van der Waals surface area contributed by atoms with Crippen molar-refractivity contribution in [1.29, 1.82) is 0 Å². The number of benzene rings is 1. The van der Waals surface area contributed by atoms with Gasteiger partial charge in [-0.05, 0) is 31.5 Å². The molecule has 2 heterocycles. The van der Waals surface area contributed by atoms with Gasteiger partial charge in [-0.2, -0.15) is 0 Å². The first-order valence-corrected chi connectivity index (χ1v) is 8.82. The summed E-state index contributed by atoms with van der Waals surface area (Å²) in [5.41, 5.74) is 1.11. The lowest BCUT2D eigenvalue weighted by Crippen LogP contribution is -2.38. The molecule has 4 nitrogen and oxygen atoms in total. The second kappa shape index (κ2) is 7.15. The number of nitrogens with one attached hydrogen (secondary N) is 1. The first-order valence-electron chi connectivity index (χ1n) is 8.00. The summed E-state index contributed by atoms with van der Waals surface area (Å²) >= 11 is 1.51. The highest BCUT2D eigenvalue weighted by molar-refractivity contribution is 7.17. The lowest BCUT2D eigenvalue weighted by atomic mass is 10.2. The number of amides is 1. The van der Waals surface area contributed by atoms with Gasteiger partial charge in [0, 0.05) is 24.5 Å². The molecule has 2 aromatic rings. The molecule has 0 saturated carbocycles. The smallest absolute Gasteiger partial charge is 0.267 e. The zero-order valence-corrected chi connectivity index (χ0v) is 14.4. The molecule has 3 rings (SSSR count). The molecule has 1 saturated heterocycles. The molecule has 0 radical (unpaired) electrons. The van der Waals surface area contributed by atoms with Gasteiger partial charge in [0.05, 0.1) is 6.61 Å². The first-order chi connectivity index (χ1) is 11.2. The molecule has 0 aliphatic carbocycles. The molecule has 0 spiro atoms. The van der Waals surface area contributed by atoms with Crippen LogP contribution < -0.4 is 10.1 Å². The van der Waals surface area contributed by atoms with E-state index in [1.165, 1.54) is 11.3 Å². The molecule has 1 aromatic heterocycles. The van der Waals surface area contributed by atoms with Crippen LogP contribution >= 0.6 is 11.3 Å². The Morgan fingerprint density at radius 3 is 2.83 bits per heavy atom. The van der Waals surface area contributed by atoms with Crippen LogP contribution in [-0.4, -0.2) is 43.6 Å². The predicted octanol–water partition coefficient (Wildman–Crippen LogP) is 3.25. The van der Waals surface area contributed by atoms with Crippen molar-refractivity contribution in [3.05, 3.63) is 41.3 Å². The summed E-state index contributed by atoms with van der Waals surface area (Å²) in [4.78, 5) is 16.5. The third-order valence-corrected chi connectivity index (χ3v) is 5.31. The fraction of sp³-hybridized carbons (Fsp3) is 0.389. The molecule has 1 atom stereocenters. The molecule has 1 aliphatic rings. The molecule has 5 heteroatoms. The molecule has 1 N–H and O–H groups in total. The van der Waals surface area contributed by atoms with Crippen LogP contribution in [0.25, 0.3) is 10.4 Å². The summed E-state index contributed by atoms with van der Waals surface area (Å²) in [6.45, 7) is 4.34. The van der Waals surface area contributed by atoms with E-state index >= 15 is 0 Å². The van der Waals surface area contributed by atoms with Crippen molar-refractivity contribution < 1.29 is 9.53 Å². The van der Waals surface area contributed by atoms with Crippen LogP contribution in [0.2, 0.25) is 0 Å². The second-order valence-electron chi connectivity index (χ2n) is 5.67. The third kappa shape index (κ3) is 3.41. The number of rotatable bonds is 5. The minimum Gasteiger partial charge on any atom is -0.492 e. The molecular formula is C18H22N2O2S. The van der Waals surface area contributed by atoms with Crippen molar-refractivity contribution in [2.24, 2.45) is 0 Å². The highest BCUT2D eigenvalue weighted by Gasteiger charge is 2.27. The Bertz CT molecular complexity index is 663. The quantitative estimate of drug-likeness (QED) is 0.915. The van der Waals surface area contributed by atoms with Gasteiger partial charge in [-0.25, -0.2) is 0 Å². The summed E-state index contributed by atoms with van der Waals surface area (Å²) < 4.78 is 5.72. The summed E-state index contributed by atoms with van der Waals surface area (Å²) in [6, 6.07) is 12.4. The van der Waals surface area contributed by atoms with Crippen LogP contribution in [0, 0.1) is 0 Å². The van der Waals surface area contributed by atoms with E-state index in [4.69, 9.17) is 4.74 Å². The second-order valence-corrected chi connectivity index (χ2v) is 6.72. The predicted molar refractivity (Wildman–Crippen MR) is 94.3 cm³/mol. The average molecular weight is 330 g/mol. The Morgan fingerprint density at radius 2 is 2.17 bits per heavy atom. The van der Waals surface area contributed by atoms with Crippen molar-refractivity contribution >= 4 is 17.2 Å². The first kappa shape index (κ1) is 16.0. The largest absolute Gasteiger partial charge is 0.492 e. The van der Waals surface area contributed by atoms with Crippen molar-refractivity contribution in [2.45, 2.75) is 19.4 Å². The number of carbonyl (C=O) groups excluding carboxylic acids is 1. The Morgan fingerprint density at radius 1 is 1.39 bits per heavy atom. The maximum atomic E-state index is 12.9. The number of thiophene rings is 1. The van der Waals surface area contributed by atoms with E-state index in [-0.39, 0.29) is 11.9 Å². The normalized spacial score (nSPS) is 17.2. The van der Waals surface area contributed by atoms with Gasteiger partial charge in [0.2, 0.25) is 0 Å². The van der Waals surface area contributed by atoms with Crippen LogP contribution in [0.1, 0.15) is 23.0 Å². The van der Waals surface area contributed by atoms with Crippen molar-refractivity contribution in [3.63, 3.8) is 0 Å². The van der Waals surface area contributed by atoms with Crippen molar-refractivity contribution in [3.8, 4) is 16.2 Å². The van der Waals surface area contributed by atoms with Gasteiger partial charge in [0.1, 0.15) is 10.6 Å². The molecule has 23 heavy (non-hydrogen) atoms. The van der Waals surface area contributed by atoms with Crippen LogP contribution in [0.4, 0.5) is 0 Å². The summed E-state index contributed by atoms with van der Waals surface area (Å²) in [5, 5.41) is 3.31. The monoisotopic (exact) mass is 330 g/mol. The molecule has 122 valence electrons. The topological polar surface area (TPSA) is 41.6 Å². The van der Waals surface area contributed by atoms with Crippen molar-refractivity contribution in [1.82, 2.24) is 10.2 Å². The molecule has 1 amide bonds. The van der Waals surface area contributed by atoms with E-state index < -0.39 is 0 Å². The minimum atomic E-state index is 0.0503. The van der Waals surface area contributed by atoms with Gasteiger partial charge >= 0.3 is 0 Å². The average Bonchev–Trinajstić information content (AvgIpc) is 3.24. The maximum Gasteiger partial charge on any atom is 0.267 e. The van der Waals surface area contributed by atoms with E-state index in [9.17, 15) is 4.79 Å². The molecule has 1 aliphatic heterocycles. The lowest BCUT2D eigenvalue weighted by Gasteiger charge is -2.23. The van der Waals surface area contributed by atoms with E-state index in [1.807, 2.05) is 43.1 Å². The van der Waals surface area contributed by atoms with Crippen LogP contribution in [0.5, 0.6) is 5.75 Å². The zero-order valence-electron chi connectivity index (χ0n) is 13.5. The molecule has 1 unspecified atom stereocenters. The van der Waals surface area contributed by atoms with E-state index in [2.05, 4.69) is 17.4 Å². The van der Waals surface area contributed by atoms with Crippen LogP contribution in [-0.2, 0) is 0 Å². The Kier molecular flexibility index (Phi) is 4.98. The summed E-state index contributed by atoms with van der Waals surface area (Å²) in [7, 11) is 1.89. The fourth-order valence-electron chi connectivity index (χ4n) is 2.83. The third-order valence-electron chi connectivity index (χ3n) is 4.15. The fourth-order valence-corrected chi connectivity index (χ4v) is 3.92. The minimum absolute atomic E-state index is 0.0503. The number of hydrogen-bond donors (Lipinski definition) is 1. The molecule has 1 fully saturated rings. The van der Waals surface area contributed by atoms with Gasteiger partial charge in [-0.3, -0.25) is 4.79 Å². The van der Waals surface area contributed by atoms with Gasteiger partial charge in [0.15, 0.2) is 0 Å². The van der Waals surface area contributed by atoms with Gasteiger partial charge in [-0.1, -0.05) is 30.3 Å². The number of nitrogens with zero attached hydrogens (tertiary/aromatic N) is 1. The summed E-state index contributed by atoms with van der Waals surface area (Å²) in [6.07, 6.45) is 1.00. The molecule has 1 aromatic carbocycles. The highest BCUT2D eigenvalue weighted by atomic mass is 32.1. The standard InChI is InChI=1S/C18H22N2O2S/c1-3-22-15-11-16(13-7-5-4-6-8-13)23-17(15)18(21)20(2)14-9-10-19-12-14/h4-8,11,14,19H,3,9-10,12H2,1-2H3. The number of hydrogen-bond acceptors (Lipinski definition) is 4. The lowest BCUT2D eigenvalue weighted by molar-refractivity contribution is 0.0745. The maximum absolute atomic E-state index is 12.9. The highest BCUT2D eigenvalue weighted by Crippen LogP contribution is 2.37. The number of carbonyl (C=O) groups is 1. The summed E-state index contributed by atoms with van der Waals surface area (Å²) in [5.74, 6) is 0.744. The van der Waals surface area contributed by atoms with Gasteiger partial charge in [0.25, 0.3) is 5.91 Å². The van der Waals surface area contributed by atoms with Crippen molar-refractivity contribution in [2.75, 3.05) is 26.7 Å². The van der Waals surface area contributed by atoms with E-state index in [0.29, 0.717) is 17.2 Å². The number of likely N-dealkylation sites (N-methyl/N-ethyl adjacent to an activating group) is 1. The zero-order chi connectivity index (χ0) is 16.2. The number of ether oxygens (including phenoxy) is 1. The Hall–Kier alpha value is -1.85. The van der Waals surface area contributed by atoms with E-state index in [0.717, 1.165) is 30.0 Å². The van der Waals surface area contributed by atoms with E-state index in [1.54, 1.807) is 0 Å². The van der Waals surface area contributed by atoms with Crippen LogP contribution in [0.15, 0.2) is 36.4 Å². The van der Waals surface area contributed by atoms with Crippen LogP contribution in [0.3, 0.4) is 0 Å². The Balaban J connectivity index is 1.90. The SMILES string of the molecule is CCOc1cc(-c2ccccc2)sc1C(=O)N(C)C1CCNC1. The van der Waals surface area contributed by atoms with Gasteiger partial charge < -0.3 is 15.0 Å². The molecule has 0 bridgehead atoms.